The van der Waals surface area contributed by atoms with Gasteiger partial charge in [0.25, 0.3) is 0 Å². The highest BCUT2D eigenvalue weighted by Gasteiger charge is 2.21. The van der Waals surface area contributed by atoms with Crippen molar-refractivity contribution in [2.24, 2.45) is 0 Å². The maximum absolute atomic E-state index is 11.4. The third-order valence-electron chi connectivity index (χ3n) is 3.58. The Kier molecular flexibility index (Phi) is 4.43. The van der Waals surface area contributed by atoms with Gasteiger partial charge in [-0.15, -0.1) is 0 Å². The molecule has 0 aliphatic heterocycles. The molecule has 4 heteroatoms. The minimum absolute atomic E-state index is 0.0375. The average Bonchev–Trinajstić information content (AvgIpc) is 2.76. The molecular weight excluding hydrogens is 238 g/mol. The molecule has 0 bridgehead atoms. The number of benzene rings is 1. The summed E-state index contributed by atoms with van der Waals surface area (Å²) in [6.07, 6.45) is 2.30. The van der Waals surface area contributed by atoms with E-state index in [1.54, 1.807) is 19.0 Å². The van der Waals surface area contributed by atoms with E-state index in [0.29, 0.717) is 12.6 Å². The van der Waals surface area contributed by atoms with Gasteiger partial charge in [-0.1, -0.05) is 23.8 Å². The van der Waals surface area contributed by atoms with Crippen LogP contribution in [0.4, 0.5) is 4.79 Å². The average molecular weight is 261 g/mol. The minimum Gasteiger partial charge on any atom is -0.337 e. The number of carbonyl (C=O) groups is 1. The highest BCUT2D eigenvalue weighted by Crippen LogP contribution is 2.31. The normalized spacial score (nSPS) is 17.1. The Morgan fingerprint density at radius 2 is 2.16 bits per heavy atom. The summed E-state index contributed by atoms with van der Waals surface area (Å²) in [6, 6.07) is 7.09. The Morgan fingerprint density at radius 1 is 1.37 bits per heavy atom. The van der Waals surface area contributed by atoms with Gasteiger partial charge in [-0.05, 0) is 30.9 Å². The molecule has 0 aromatic heterocycles. The number of fused-ring (bicyclic) bond motifs is 1. The maximum atomic E-state index is 11.4. The van der Waals surface area contributed by atoms with Gasteiger partial charge in [-0.2, -0.15) is 0 Å². The highest BCUT2D eigenvalue weighted by atomic mass is 16.2. The molecule has 1 aromatic carbocycles. The van der Waals surface area contributed by atoms with E-state index in [1.807, 2.05) is 0 Å². The van der Waals surface area contributed by atoms with E-state index < -0.39 is 0 Å². The standard InChI is InChI=1S/C15H23N3O/c1-11-4-5-12-6-7-14(13(12)10-11)16-8-9-17-15(19)18(2)3/h4-5,10,14,16H,6-9H2,1-3H3,(H,17,19). The third kappa shape index (κ3) is 3.47. The Balaban J connectivity index is 1.80. The van der Waals surface area contributed by atoms with Crippen molar-refractivity contribution in [1.82, 2.24) is 15.5 Å². The zero-order valence-electron chi connectivity index (χ0n) is 12.0. The Hall–Kier alpha value is -1.55. The van der Waals surface area contributed by atoms with Gasteiger partial charge < -0.3 is 15.5 Å². The van der Waals surface area contributed by atoms with E-state index in [1.165, 1.54) is 16.7 Å². The van der Waals surface area contributed by atoms with Gasteiger partial charge in [0.05, 0.1) is 0 Å². The van der Waals surface area contributed by atoms with Crippen molar-refractivity contribution in [3.8, 4) is 0 Å². The molecule has 1 unspecified atom stereocenters. The summed E-state index contributed by atoms with van der Waals surface area (Å²) in [5, 5.41) is 6.39. The fraction of sp³-hybridized carbons (Fsp3) is 0.533. The van der Waals surface area contributed by atoms with Gasteiger partial charge in [0.1, 0.15) is 0 Å². The van der Waals surface area contributed by atoms with E-state index in [9.17, 15) is 4.79 Å². The van der Waals surface area contributed by atoms with Crippen LogP contribution < -0.4 is 10.6 Å². The van der Waals surface area contributed by atoms with Crippen LogP contribution in [0, 0.1) is 6.92 Å². The summed E-state index contributed by atoms with van der Waals surface area (Å²) < 4.78 is 0. The molecule has 0 heterocycles. The van der Waals surface area contributed by atoms with Gasteiger partial charge in [-0.25, -0.2) is 4.79 Å². The molecule has 0 fully saturated rings. The molecular formula is C15H23N3O. The summed E-state index contributed by atoms with van der Waals surface area (Å²) in [5.41, 5.74) is 4.20. The van der Waals surface area contributed by atoms with E-state index in [2.05, 4.69) is 35.8 Å². The number of rotatable bonds is 4. The number of aryl methyl sites for hydroxylation is 2. The van der Waals surface area contributed by atoms with Gasteiger partial charge >= 0.3 is 6.03 Å². The van der Waals surface area contributed by atoms with Crippen LogP contribution in [-0.4, -0.2) is 38.1 Å². The molecule has 4 nitrogen and oxygen atoms in total. The van der Waals surface area contributed by atoms with Crippen LogP contribution in [-0.2, 0) is 6.42 Å². The molecule has 1 aromatic rings. The van der Waals surface area contributed by atoms with Crippen molar-refractivity contribution in [3.63, 3.8) is 0 Å². The molecule has 2 N–H and O–H groups in total. The number of amides is 2. The van der Waals surface area contributed by atoms with Crippen molar-refractivity contribution < 1.29 is 4.79 Å². The summed E-state index contributed by atoms with van der Waals surface area (Å²) in [4.78, 5) is 12.9. The lowest BCUT2D eigenvalue weighted by molar-refractivity contribution is 0.217. The lowest BCUT2D eigenvalue weighted by Gasteiger charge is -2.16. The summed E-state index contributed by atoms with van der Waals surface area (Å²) in [5.74, 6) is 0. The molecule has 0 saturated heterocycles. The Labute approximate surface area is 115 Å². The van der Waals surface area contributed by atoms with Crippen LogP contribution in [0.1, 0.15) is 29.2 Å². The quantitative estimate of drug-likeness (QED) is 0.812. The molecule has 0 spiro atoms. The van der Waals surface area contributed by atoms with Crippen LogP contribution >= 0.6 is 0 Å². The maximum Gasteiger partial charge on any atom is 0.316 e. The first-order chi connectivity index (χ1) is 9.08. The summed E-state index contributed by atoms with van der Waals surface area (Å²) >= 11 is 0. The Bertz CT molecular complexity index is 457. The van der Waals surface area contributed by atoms with Crippen molar-refractivity contribution in [2.75, 3.05) is 27.2 Å². The topological polar surface area (TPSA) is 44.4 Å². The van der Waals surface area contributed by atoms with Gasteiger partial charge in [0.2, 0.25) is 0 Å². The number of nitrogens with one attached hydrogen (secondary N) is 2. The van der Waals surface area contributed by atoms with Crippen molar-refractivity contribution in [1.29, 1.82) is 0 Å². The van der Waals surface area contributed by atoms with E-state index in [0.717, 1.165) is 19.4 Å². The van der Waals surface area contributed by atoms with Gasteiger partial charge in [-0.3, -0.25) is 0 Å². The minimum atomic E-state index is -0.0375. The van der Waals surface area contributed by atoms with Crippen LogP contribution in [0.5, 0.6) is 0 Å². The second kappa shape index (κ2) is 6.06. The van der Waals surface area contributed by atoms with Crippen LogP contribution in [0.25, 0.3) is 0 Å². The number of hydrogen-bond donors (Lipinski definition) is 2. The summed E-state index contributed by atoms with van der Waals surface area (Å²) in [7, 11) is 3.50. The van der Waals surface area contributed by atoms with E-state index in [-0.39, 0.29) is 6.03 Å². The van der Waals surface area contributed by atoms with Crippen LogP contribution in [0.3, 0.4) is 0 Å². The van der Waals surface area contributed by atoms with Crippen molar-refractivity contribution >= 4 is 6.03 Å². The molecule has 2 rings (SSSR count). The SMILES string of the molecule is Cc1ccc2c(c1)C(NCCNC(=O)N(C)C)CC2. The molecule has 2 amide bonds. The fourth-order valence-corrected chi connectivity index (χ4v) is 2.51. The molecule has 1 aliphatic carbocycles. The second-order valence-electron chi connectivity index (χ2n) is 5.37. The number of carbonyl (C=O) groups excluding carboxylic acids is 1. The Morgan fingerprint density at radius 3 is 2.89 bits per heavy atom. The molecule has 0 radical (unpaired) electrons. The molecule has 19 heavy (non-hydrogen) atoms. The lowest BCUT2D eigenvalue weighted by Crippen LogP contribution is -2.38. The van der Waals surface area contributed by atoms with Gasteiger partial charge in [0, 0.05) is 33.2 Å². The van der Waals surface area contributed by atoms with E-state index in [4.69, 9.17) is 0 Å². The smallest absolute Gasteiger partial charge is 0.316 e. The largest absolute Gasteiger partial charge is 0.337 e. The van der Waals surface area contributed by atoms with Crippen LogP contribution in [0.15, 0.2) is 18.2 Å². The first-order valence-corrected chi connectivity index (χ1v) is 6.86. The third-order valence-corrected chi connectivity index (χ3v) is 3.58. The monoisotopic (exact) mass is 261 g/mol. The zero-order valence-corrected chi connectivity index (χ0v) is 12.0. The molecule has 104 valence electrons. The lowest BCUT2D eigenvalue weighted by atomic mass is 10.1. The van der Waals surface area contributed by atoms with Crippen LogP contribution in [0.2, 0.25) is 0 Å². The van der Waals surface area contributed by atoms with Crippen molar-refractivity contribution in [2.45, 2.75) is 25.8 Å². The predicted molar refractivity (Wildman–Crippen MR) is 77.3 cm³/mol. The van der Waals surface area contributed by atoms with Gasteiger partial charge in [0.15, 0.2) is 0 Å². The highest BCUT2D eigenvalue weighted by molar-refractivity contribution is 5.73. The number of hydrogen-bond acceptors (Lipinski definition) is 2. The molecule has 1 aliphatic rings. The number of nitrogens with zero attached hydrogens (tertiary/aromatic N) is 1. The first-order valence-electron chi connectivity index (χ1n) is 6.86. The predicted octanol–water partition coefficient (Wildman–Crippen LogP) is 1.84. The first kappa shape index (κ1) is 13.9. The number of urea groups is 1. The molecule has 0 saturated carbocycles. The van der Waals surface area contributed by atoms with Crippen molar-refractivity contribution in [3.05, 3.63) is 34.9 Å². The second-order valence-corrected chi connectivity index (χ2v) is 5.37. The molecule has 1 atom stereocenters. The zero-order chi connectivity index (χ0) is 13.8. The fourth-order valence-electron chi connectivity index (χ4n) is 2.51. The van der Waals surface area contributed by atoms with E-state index >= 15 is 0 Å². The summed E-state index contributed by atoms with van der Waals surface area (Å²) in [6.45, 7) is 3.60.